The lowest BCUT2D eigenvalue weighted by Gasteiger charge is -2.07. The molecule has 2 N–H and O–H groups in total. The Balaban J connectivity index is 1.69. The van der Waals surface area contributed by atoms with Crippen LogP contribution in [0.2, 0.25) is 0 Å². The van der Waals surface area contributed by atoms with Gasteiger partial charge in [-0.2, -0.15) is 0 Å². The number of rotatable bonds is 3. The standard InChI is InChI=1S/C13H13N5O3/c19-11(15-16-12(20)8-5-6-8)7-18-13(21)9-3-1-2-4-10(9)14-17-18/h1-4,8H,5-7H2,(H,15,19)(H,16,20). The summed E-state index contributed by atoms with van der Waals surface area (Å²) in [7, 11) is 0. The van der Waals surface area contributed by atoms with Gasteiger partial charge in [-0.3, -0.25) is 25.2 Å². The zero-order valence-corrected chi connectivity index (χ0v) is 11.1. The third kappa shape index (κ3) is 2.88. The van der Waals surface area contributed by atoms with Gasteiger partial charge in [0, 0.05) is 5.92 Å². The van der Waals surface area contributed by atoms with Gasteiger partial charge in [0.15, 0.2) is 0 Å². The van der Waals surface area contributed by atoms with Crippen LogP contribution in [0, 0.1) is 5.92 Å². The number of carbonyl (C=O) groups is 2. The molecule has 0 bridgehead atoms. The van der Waals surface area contributed by atoms with E-state index in [4.69, 9.17) is 0 Å². The average molecular weight is 287 g/mol. The molecule has 1 heterocycles. The SMILES string of the molecule is O=C(Cn1nnc2ccccc2c1=O)NNC(=O)C1CC1. The fourth-order valence-corrected chi connectivity index (χ4v) is 1.88. The Kier molecular flexibility index (Phi) is 3.35. The number of carbonyl (C=O) groups excluding carboxylic acids is 2. The quantitative estimate of drug-likeness (QED) is 0.730. The molecular weight excluding hydrogens is 274 g/mol. The van der Waals surface area contributed by atoms with E-state index in [1.54, 1.807) is 24.3 Å². The first-order valence-corrected chi connectivity index (χ1v) is 6.56. The summed E-state index contributed by atoms with van der Waals surface area (Å²) in [6.45, 7) is -0.304. The van der Waals surface area contributed by atoms with Crippen molar-refractivity contribution in [3.63, 3.8) is 0 Å². The van der Waals surface area contributed by atoms with Crippen molar-refractivity contribution < 1.29 is 9.59 Å². The second kappa shape index (κ2) is 5.31. The maximum absolute atomic E-state index is 12.1. The van der Waals surface area contributed by atoms with Gasteiger partial charge < -0.3 is 0 Å². The van der Waals surface area contributed by atoms with Gasteiger partial charge in [-0.1, -0.05) is 17.3 Å². The van der Waals surface area contributed by atoms with E-state index in [-0.39, 0.29) is 18.4 Å². The summed E-state index contributed by atoms with van der Waals surface area (Å²) in [5.41, 5.74) is 4.66. The molecule has 2 aromatic rings. The summed E-state index contributed by atoms with van der Waals surface area (Å²) in [6, 6.07) is 6.76. The van der Waals surface area contributed by atoms with Crippen molar-refractivity contribution in [2.45, 2.75) is 19.4 Å². The summed E-state index contributed by atoms with van der Waals surface area (Å²) >= 11 is 0. The molecule has 1 aromatic carbocycles. The molecule has 8 heteroatoms. The lowest BCUT2D eigenvalue weighted by Crippen LogP contribution is -2.45. The highest BCUT2D eigenvalue weighted by molar-refractivity contribution is 5.84. The molecule has 1 fully saturated rings. The van der Waals surface area contributed by atoms with Crippen LogP contribution in [0.3, 0.4) is 0 Å². The van der Waals surface area contributed by atoms with Crippen LogP contribution in [-0.2, 0) is 16.1 Å². The molecule has 3 rings (SSSR count). The Labute approximate surface area is 119 Å². The highest BCUT2D eigenvalue weighted by Crippen LogP contribution is 2.28. The number of aromatic nitrogens is 3. The molecule has 108 valence electrons. The lowest BCUT2D eigenvalue weighted by molar-refractivity contribution is -0.130. The zero-order chi connectivity index (χ0) is 14.8. The molecule has 21 heavy (non-hydrogen) atoms. The second-order valence-electron chi connectivity index (χ2n) is 4.88. The van der Waals surface area contributed by atoms with Crippen LogP contribution in [0.1, 0.15) is 12.8 Å². The number of hydrogen-bond acceptors (Lipinski definition) is 5. The van der Waals surface area contributed by atoms with E-state index in [0.29, 0.717) is 10.9 Å². The molecule has 0 spiro atoms. The number of amides is 2. The number of fused-ring (bicyclic) bond motifs is 1. The van der Waals surface area contributed by atoms with Crippen LogP contribution in [0.25, 0.3) is 10.9 Å². The molecule has 0 radical (unpaired) electrons. The number of nitrogens with zero attached hydrogens (tertiary/aromatic N) is 3. The lowest BCUT2D eigenvalue weighted by atomic mass is 10.2. The predicted molar refractivity (Wildman–Crippen MR) is 72.8 cm³/mol. The Morgan fingerprint density at radius 2 is 2.00 bits per heavy atom. The third-order valence-corrected chi connectivity index (χ3v) is 3.20. The molecule has 0 saturated heterocycles. The molecule has 8 nitrogen and oxygen atoms in total. The van der Waals surface area contributed by atoms with E-state index in [0.717, 1.165) is 17.5 Å². The van der Waals surface area contributed by atoms with Crippen molar-refractivity contribution in [2.75, 3.05) is 0 Å². The third-order valence-electron chi connectivity index (χ3n) is 3.20. The van der Waals surface area contributed by atoms with Gasteiger partial charge in [0.25, 0.3) is 11.5 Å². The largest absolute Gasteiger partial charge is 0.278 e. The average Bonchev–Trinajstić information content (AvgIpc) is 3.33. The molecule has 1 saturated carbocycles. The van der Waals surface area contributed by atoms with Crippen molar-refractivity contribution in [1.82, 2.24) is 25.8 Å². The van der Waals surface area contributed by atoms with E-state index in [2.05, 4.69) is 21.2 Å². The van der Waals surface area contributed by atoms with Crippen molar-refractivity contribution in [1.29, 1.82) is 0 Å². The summed E-state index contributed by atoms with van der Waals surface area (Å²) in [5.74, 6) is -0.746. The van der Waals surface area contributed by atoms with Gasteiger partial charge >= 0.3 is 0 Å². The van der Waals surface area contributed by atoms with Crippen LogP contribution < -0.4 is 16.4 Å². The van der Waals surface area contributed by atoms with E-state index in [1.807, 2.05) is 0 Å². The Hall–Kier alpha value is -2.77. The predicted octanol–water partition coefficient (Wildman–Crippen LogP) is -0.651. The highest BCUT2D eigenvalue weighted by atomic mass is 16.2. The normalized spacial score (nSPS) is 13.9. The van der Waals surface area contributed by atoms with E-state index >= 15 is 0 Å². The van der Waals surface area contributed by atoms with Gasteiger partial charge in [-0.15, -0.1) is 5.10 Å². The first-order valence-electron chi connectivity index (χ1n) is 6.56. The van der Waals surface area contributed by atoms with Gasteiger partial charge in [0.2, 0.25) is 5.91 Å². The van der Waals surface area contributed by atoms with Crippen molar-refractivity contribution in [3.05, 3.63) is 34.6 Å². The van der Waals surface area contributed by atoms with E-state index in [1.165, 1.54) is 0 Å². The van der Waals surface area contributed by atoms with Gasteiger partial charge in [0.05, 0.1) is 5.39 Å². The Morgan fingerprint density at radius 1 is 1.24 bits per heavy atom. The maximum atomic E-state index is 12.1. The minimum absolute atomic E-state index is 0.00603. The molecule has 0 atom stereocenters. The minimum atomic E-state index is -0.532. The molecular formula is C13H13N5O3. The number of hydrogen-bond donors (Lipinski definition) is 2. The molecule has 2 amide bonds. The number of benzene rings is 1. The summed E-state index contributed by atoms with van der Waals surface area (Å²) < 4.78 is 0.959. The molecule has 0 unspecified atom stereocenters. The number of nitrogens with one attached hydrogen (secondary N) is 2. The van der Waals surface area contributed by atoms with Crippen LogP contribution in [-0.4, -0.2) is 26.8 Å². The Bertz CT molecular complexity index is 766. The van der Waals surface area contributed by atoms with Gasteiger partial charge in [0.1, 0.15) is 12.1 Å². The van der Waals surface area contributed by atoms with Crippen LogP contribution in [0.5, 0.6) is 0 Å². The smallest absolute Gasteiger partial charge is 0.273 e. The summed E-state index contributed by atoms with van der Waals surface area (Å²) in [4.78, 5) is 35.2. The summed E-state index contributed by atoms with van der Waals surface area (Å²) in [5, 5.41) is 7.97. The molecule has 1 aliphatic rings. The second-order valence-corrected chi connectivity index (χ2v) is 4.88. The maximum Gasteiger partial charge on any atom is 0.278 e. The molecule has 1 aromatic heterocycles. The van der Waals surface area contributed by atoms with Gasteiger partial charge in [-0.25, -0.2) is 4.68 Å². The highest BCUT2D eigenvalue weighted by Gasteiger charge is 2.29. The molecule has 1 aliphatic carbocycles. The molecule has 0 aliphatic heterocycles. The zero-order valence-electron chi connectivity index (χ0n) is 11.1. The first-order chi connectivity index (χ1) is 10.1. The fraction of sp³-hybridized carbons (Fsp3) is 0.308. The Morgan fingerprint density at radius 3 is 2.76 bits per heavy atom. The summed E-state index contributed by atoms with van der Waals surface area (Å²) in [6.07, 6.45) is 1.69. The first kappa shape index (κ1) is 13.2. The monoisotopic (exact) mass is 287 g/mol. The van der Waals surface area contributed by atoms with E-state index in [9.17, 15) is 14.4 Å². The van der Waals surface area contributed by atoms with Crippen molar-refractivity contribution in [2.24, 2.45) is 5.92 Å². The van der Waals surface area contributed by atoms with Crippen LogP contribution in [0.15, 0.2) is 29.1 Å². The van der Waals surface area contributed by atoms with Crippen molar-refractivity contribution in [3.8, 4) is 0 Å². The fourth-order valence-electron chi connectivity index (χ4n) is 1.88. The van der Waals surface area contributed by atoms with Crippen LogP contribution >= 0.6 is 0 Å². The van der Waals surface area contributed by atoms with Gasteiger partial charge in [-0.05, 0) is 25.0 Å². The van der Waals surface area contributed by atoms with E-state index < -0.39 is 11.5 Å². The van der Waals surface area contributed by atoms with Crippen molar-refractivity contribution >= 4 is 22.7 Å². The van der Waals surface area contributed by atoms with Crippen LogP contribution in [0.4, 0.5) is 0 Å². The number of hydrazine groups is 1. The topological polar surface area (TPSA) is 106 Å². The minimum Gasteiger partial charge on any atom is -0.273 e.